The molecule has 25 heavy (non-hydrogen) atoms. The van der Waals surface area contributed by atoms with Crippen LogP contribution in [0.5, 0.6) is 0 Å². The highest BCUT2D eigenvalue weighted by molar-refractivity contribution is 5.94. The number of carbonyl (C=O) groups excluding carboxylic acids is 1. The predicted molar refractivity (Wildman–Crippen MR) is 89.9 cm³/mol. The van der Waals surface area contributed by atoms with Gasteiger partial charge < -0.3 is 15.1 Å². The molecule has 0 saturated heterocycles. The van der Waals surface area contributed by atoms with Gasteiger partial charge in [-0.15, -0.1) is 0 Å². The molecule has 132 valence electrons. The van der Waals surface area contributed by atoms with Gasteiger partial charge in [-0.2, -0.15) is 5.10 Å². The summed E-state index contributed by atoms with van der Waals surface area (Å²) in [6, 6.07) is 3.75. The number of aromatic nitrogens is 3. The molecule has 7 nitrogen and oxygen atoms in total. The van der Waals surface area contributed by atoms with E-state index in [9.17, 15) is 9.90 Å². The van der Waals surface area contributed by atoms with Crippen LogP contribution in [0.2, 0.25) is 0 Å². The van der Waals surface area contributed by atoms with Gasteiger partial charge in [0.15, 0.2) is 0 Å². The molecule has 3 heterocycles. The van der Waals surface area contributed by atoms with Gasteiger partial charge in [0.2, 0.25) is 0 Å². The number of nitrogens with zero attached hydrogens (tertiary/aromatic N) is 4. The lowest BCUT2D eigenvalue weighted by Gasteiger charge is -2.28. The Balaban J connectivity index is 1.53. The minimum atomic E-state index is -0.980. The third-order valence-electron chi connectivity index (χ3n) is 5.03. The summed E-state index contributed by atoms with van der Waals surface area (Å²) >= 11 is 0. The summed E-state index contributed by atoms with van der Waals surface area (Å²) in [4.78, 5) is 19.1. The quantitative estimate of drug-likeness (QED) is 0.862. The monoisotopic (exact) mass is 342 g/mol. The fourth-order valence-corrected chi connectivity index (χ4v) is 3.61. The van der Waals surface area contributed by atoms with Crippen molar-refractivity contribution in [3.05, 3.63) is 46.5 Å². The molecule has 2 aliphatic rings. The number of fused-ring (bicyclic) bond motifs is 2. The van der Waals surface area contributed by atoms with Crippen molar-refractivity contribution >= 4 is 5.91 Å². The summed E-state index contributed by atoms with van der Waals surface area (Å²) < 4.78 is 1.79. The van der Waals surface area contributed by atoms with E-state index in [4.69, 9.17) is 5.11 Å². The number of hydrogen-bond acceptors (Lipinski definition) is 5. The number of hydrogen-bond donors (Lipinski definition) is 2. The van der Waals surface area contributed by atoms with Gasteiger partial charge in [0.05, 0.1) is 36.6 Å². The van der Waals surface area contributed by atoms with Crippen LogP contribution in [0.3, 0.4) is 0 Å². The van der Waals surface area contributed by atoms with E-state index in [1.807, 2.05) is 6.07 Å². The molecule has 0 radical (unpaired) electrons. The molecule has 1 atom stereocenters. The Hall–Kier alpha value is -2.25. The largest absolute Gasteiger partial charge is 0.393 e. The van der Waals surface area contributed by atoms with E-state index in [1.165, 1.54) is 12.0 Å². The fourth-order valence-electron chi connectivity index (χ4n) is 3.61. The summed E-state index contributed by atoms with van der Waals surface area (Å²) in [5.74, 6) is -0.0161. The molecule has 4 rings (SSSR count). The normalized spacial score (nSPS) is 17.8. The molecule has 2 aromatic heterocycles. The van der Waals surface area contributed by atoms with Crippen molar-refractivity contribution in [1.82, 2.24) is 19.7 Å². The van der Waals surface area contributed by atoms with Crippen molar-refractivity contribution in [3.8, 4) is 0 Å². The topological polar surface area (TPSA) is 91.5 Å². The molecular formula is C18H22N4O3. The second-order valence-corrected chi connectivity index (χ2v) is 6.75. The Kier molecular flexibility index (Phi) is 4.27. The molecule has 0 unspecified atom stereocenters. The van der Waals surface area contributed by atoms with E-state index in [1.54, 1.807) is 21.8 Å². The van der Waals surface area contributed by atoms with Crippen LogP contribution in [-0.4, -0.2) is 48.9 Å². The lowest BCUT2D eigenvalue weighted by atomic mass is 9.95. The molecule has 0 aromatic carbocycles. The van der Waals surface area contributed by atoms with Gasteiger partial charge in [-0.05, 0) is 43.4 Å². The maximum atomic E-state index is 12.9. The summed E-state index contributed by atoms with van der Waals surface area (Å²) in [5.41, 5.74) is 4.29. The third-order valence-corrected chi connectivity index (χ3v) is 5.03. The van der Waals surface area contributed by atoms with Gasteiger partial charge >= 0.3 is 0 Å². The van der Waals surface area contributed by atoms with E-state index in [2.05, 4.69) is 10.1 Å². The number of carbonyl (C=O) groups is 1. The van der Waals surface area contributed by atoms with Crippen molar-refractivity contribution in [1.29, 1.82) is 0 Å². The van der Waals surface area contributed by atoms with Crippen LogP contribution < -0.4 is 0 Å². The van der Waals surface area contributed by atoms with Gasteiger partial charge in [0, 0.05) is 18.4 Å². The number of amides is 1. The SMILES string of the molecule is O=C(c1cnc2c(c1)CCCC2)N1CCn2nc([C@@H](O)CO)cc2C1. The predicted octanol–water partition coefficient (Wildman–Crippen LogP) is 0.839. The minimum absolute atomic E-state index is 0.0161. The first kappa shape index (κ1) is 16.2. The van der Waals surface area contributed by atoms with Gasteiger partial charge in [0.1, 0.15) is 6.10 Å². The molecule has 1 aliphatic heterocycles. The van der Waals surface area contributed by atoms with Gasteiger partial charge in [-0.1, -0.05) is 0 Å². The molecule has 0 saturated carbocycles. The van der Waals surface area contributed by atoms with Crippen LogP contribution in [-0.2, 0) is 25.9 Å². The van der Waals surface area contributed by atoms with Crippen molar-refractivity contribution in [2.45, 2.75) is 44.9 Å². The van der Waals surface area contributed by atoms with Gasteiger partial charge in [-0.25, -0.2) is 0 Å². The third kappa shape index (κ3) is 3.05. The lowest BCUT2D eigenvalue weighted by molar-refractivity contribution is 0.0704. The van der Waals surface area contributed by atoms with E-state index < -0.39 is 6.10 Å². The highest BCUT2D eigenvalue weighted by Gasteiger charge is 2.25. The Bertz CT molecular complexity index is 802. The lowest BCUT2D eigenvalue weighted by Crippen LogP contribution is -2.38. The standard InChI is InChI=1S/C18H22N4O3/c23-11-17(24)16-8-14-10-21(5-6-22(14)20-16)18(25)13-7-12-3-1-2-4-15(12)19-9-13/h7-9,17,23-24H,1-6,10-11H2/t17-/m0/s1. The molecule has 2 aromatic rings. The van der Waals surface area contributed by atoms with Crippen LogP contribution in [0.25, 0.3) is 0 Å². The Morgan fingerprint density at radius 3 is 2.92 bits per heavy atom. The van der Waals surface area contributed by atoms with Crippen LogP contribution in [0.1, 0.15) is 51.9 Å². The van der Waals surface area contributed by atoms with E-state index >= 15 is 0 Å². The highest BCUT2D eigenvalue weighted by atomic mass is 16.3. The minimum Gasteiger partial charge on any atom is -0.393 e. The summed E-state index contributed by atoms with van der Waals surface area (Å²) in [7, 11) is 0. The van der Waals surface area contributed by atoms with Crippen molar-refractivity contribution in [2.75, 3.05) is 13.2 Å². The second kappa shape index (κ2) is 6.57. The maximum Gasteiger partial charge on any atom is 0.255 e. The zero-order valence-corrected chi connectivity index (χ0v) is 14.1. The zero-order valence-electron chi connectivity index (χ0n) is 14.1. The van der Waals surface area contributed by atoms with Crippen LogP contribution in [0.15, 0.2) is 18.3 Å². The van der Waals surface area contributed by atoms with Crippen LogP contribution >= 0.6 is 0 Å². The summed E-state index contributed by atoms with van der Waals surface area (Å²) in [6.45, 7) is 1.23. The average Bonchev–Trinajstić information content (AvgIpc) is 3.09. The first-order valence-electron chi connectivity index (χ1n) is 8.78. The Labute approximate surface area is 145 Å². The first-order chi connectivity index (χ1) is 12.2. The molecule has 0 spiro atoms. The van der Waals surface area contributed by atoms with E-state index in [0.29, 0.717) is 30.9 Å². The number of aryl methyl sites for hydroxylation is 2. The smallest absolute Gasteiger partial charge is 0.255 e. The van der Waals surface area contributed by atoms with Crippen molar-refractivity contribution in [3.63, 3.8) is 0 Å². The second-order valence-electron chi connectivity index (χ2n) is 6.75. The summed E-state index contributed by atoms with van der Waals surface area (Å²) in [6.07, 6.45) is 5.05. The fraction of sp³-hybridized carbons (Fsp3) is 0.500. The van der Waals surface area contributed by atoms with E-state index in [-0.39, 0.29) is 12.5 Å². The Morgan fingerprint density at radius 2 is 2.08 bits per heavy atom. The van der Waals surface area contributed by atoms with Gasteiger partial charge in [-0.3, -0.25) is 14.5 Å². The molecule has 1 amide bonds. The van der Waals surface area contributed by atoms with Crippen molar-refractivity contribution in [2.24, 2.45) is 0 Å². The number of pyridine rings is 1. The first-order valence-corrected chi connectivity index (χ1v) is 8.78. The highest BCUT2D eigenvalue weighted by Crippen LogP contribution is 2.23. The molecule has 0 bridgehead atoms. The van der Waals surface area contributed by atoms with E-state index in [0.717, 1.165) is 30.7 Å². The molecular weight excluding hydrogens is 320 g/mol. The molecule has 7 heteroatoms. The average molecular weight is 342 g/mol. The van der Waals surface area contributed by atoms with Crippen LogP contribution in [0, 0.1) is 0 Å². The Morgan fingerprint density at radius 1 is 1.24 bits per heavy atom. The number of rotatable bonds is 3. The molecule has 2 N–H and O–H groups in total. The summed E-state index contributed by atoms with van der Waals surface area (Å²) in [5, 5.41) is 23.1. The number of aliphatic hydroxyl groups is 2. The zero-order chi connectivity index (χ0) is 17.4. The molecule has 0 fully saturated rings. The maximum absolute atomic E-state index is 12.9. The van der Waals surface area contributed by atoms with Gasteiger partial charge in [0.25, 0.3) is 5.91 Å². The molecule has 1 aliphatic carbocycles. The van der Waals surface area contributed by atoms with Crippen LogP contribution in [0.4, 0.5) is 0 Å². The van der Waals surface area contributed by atoms with Crippen molar-refractivity contribution < 1.29 is 15.0 Å². The number of aliphatic hydroxyl groups excluding tert-OH is 2.